The molecule has 6 aromatic rings. The Morgan fingerprint density at radius 2 is 0.912 bits per heavy atom. The predicted octanol–water partition coefficient (Wildman–Crippen LogP) is 7.93. The average Bonchev–Trinajstić information content (AvgIpc) is 3.38. The van der Waals surface area contributed by atoms with E-state index in [0.717, 1.165) is 33.8 Å². The minimum atomic E-state index is 0.657. The standard InChI is InChI=1S/2C14H11ClN2/c2*1-10-5-7-11(8-6-10)13-14(15)17-9-3-2-4-12(17)16-13/h2*2-9H,1H3. The molecular formula is C28H22Cl2N4. The van der Waals surface area contributed by atoms with Crippen molar-refractivity contribution in [3.05, 3.63) is 119 Å². The van der Waals surface area contributed by atoms with Gasteiger partial charge in [0.25, 0.3) is 0 Å². The number of imidazole rings is 2. The van der Waals surface area contributed by atoms with E-state index in [4.69, 9.17) is 23.2 Å². The van der Waals surface area contributed by atoms with Crippen molar-refractivity contribution in [2.24, 2.45) is 0 Å². The van der Waals surface area contributed by atoms with Gasteiger partial charge < -0.3 is 0 Å². The number of nitrogens with zero attached hydrogens (tertiary/aromatic N) is 4. The summed E-state index contributed by atoms with van der Waals surface area (Å²) in [6.45, 7) is 4.13. The van der Waals surface area contributed by atoms with Crippen molar-refractivity contribution in [1.29, 1.82) is 0 Å². The van der Waals surface area contributed by atoms with Crippen molar-refractivity contribution < 1.29 is 0 Å². The highest BCUT2D eigenvalue weighted by molar-refractivity contribution is 6.32. The summed E-state index contributed by atoms with van der Waals surface area (Å²) in [5, 5.41) is 1.31. The number of aromatic nitrogens is 4. The van der Waals surface area contributed by atoms with Crippen molar-refractivity contribution >= 4 is 34.5 Å². The third-order valence-electron chi connectivity index (χ3n) is 5.59. The Kier molecular flexibility index (Phi) is 6.10. The van der Waals surface area contributed by atoms with E-state index in [0.29, 0.717) is 10.3 Å². The highest BCUT2D eigenvalue weighted by atomic mass is 35.5. The number of pyridine rings is 2. The summed E-state index contributed by atoms with van der Waals surface area (Å²) in [6.07, 6.45) is 3.84. The SMILES string of the molecule is Cc1ccc(-c2nc3ccccn3c2Cl)cc1.Cc1ccc(-c2nc3ccccn3c2Cl)cc1. The second-order valence-electron chi connectivity index (χ2n) is 8.09. The summed E-state index contributed by atoms with van der Waals surface area (Å²) in [4.78, 5) is 9.09. The largest absolute Gasteiger partial charge is 0.290 e. The molecule has 6 heteroatoms. The summed E-state index contributed by atoms with van der Waals surface area (Å²) >= 11 is 12.7. The minimum Gasteiger partial charge on any atom is -0.290 e. The van der Waals surface area contributed by atoms with Gasteiger partial charge in [-0.1, -0.05) is 95.0 Å². The number of rotatable bonds is 2. The lowest BCUT2D eigenvalue weighted by Gasteiger charge is -1.98. The van der Waals surface area contributed by atoms with Crippen molar-refractivity contribution in [1.82, 2.24) is 18.8 Å². The molecule has 4 aromatic heterocycles. The van der Waals surface area contributed by atoms with Crippen LogP contribution in [0.2, 0.25) is 10.3 Å². The van der Waals surface area contributed by atoms with Crippen LogP contribution in [-0.2, 0) is 0 Å². The van der Waals surface area contributed by atoms with Crippen LogP contribution in [0.3, 0.4) is 0 Å². The molecule has 0 saturated carbocycles. The lowest BCUT2D eigenvalue weighted by Crippen LogP contribution is -1.81. The van der Waals surface area contributed by atoms with Crippen LogP contribution < -0.4 is 0 Å². The first kappa shape index (κ1) is 22.2. The quantitative estimate of drug-likeness (QED) is 0.250. The van der Waals surface area contributed by atoms with Crippen LogP contribution in [0.5, 0.6) is 0 Å². The van der Waals surface area contributed by atoms with Gasteiger partial charge >= 0.3 is 0 Å². The van der Waals surface area contributed by atoms with E-state index in [9.17, 15) is 0 Å². The summed E-state index contributed by atoms with van der Waals surface area (Å²) < 4.78 is 3.77. The van der Waals surface area contributed by atoms with Crippen molar-refractivity contribution in [2.45, 2.75) is 13.8 Å². The second kappa shape index (κ2) is 9.34. The van der Waals surface area contributed by atoms with Gasteiger partial charge in [-0.05, 0) is 38.1 Å². The van der Waals surface area contributed by atoms with E-state index in [1.807, 2.05) is 81.9 Å². The topological polar surface area (TPSA) is 34.6 Å². The van der Waals surface area contributed by atoms with E-state index in [1.165, 1.54) is 11.1 Å². The number of fused-ring (bicyclic) bond motifs is 2. The van der Waals surface area contributed by atoms with Crippen LogP contribution in [0.15, 0.2) is 97.3 Å². The molecule has 6 rings (SSSR count). The molecule has 0 aliphatic heterocycles. The highest BCUT2D eigenvalue weighted by Gasteiger charge is 2.12. The molecule has 0 spiro atoms. The average molecular weight is 485 g/mol. The van der Waals surface area contributed by atoms with Gasteiger partial charge in [-0.3, -0.25) is 8.80 Å². The first-order valence-electron chi connectivity index (χ1n) is 10.9. The summed E-state index contributed by atoms with van der Waals surface area (Å²) in [7, 11) is 0. The van der Waals surface area contributed by atoms with Crippen molar-refractivity contribution in [2.75, 3.05) is 0 Å². The Morgan fingerprint density at radius 1 is 0.529 bits per heavy atom. The molecule has 0 unspecified atom stereocenters. The van der Waals surface area contributed by atoms with Gasteiger partial charge in [0.15, 0.2) is 0 Å². The normalized spacial score (nSPS) is 10.9. The first-order chi connectivity index (χ1) is 16.5. The monoisotopic (exact) mass is 484 g/mol. The summed E-state index contributed by atoms with van der Waals surface area (Å²) in [5.41, 5.74) is 7.95. The molecule has 0 amide bonds. The number of aryl methyl sites for hydroxylation is 2. The molecule has 0 aliphatic rings. The molecule has 2 aromatic carbocycles. The second-order valence-corrected chi connectivity index (χ2v) is 8.81. The maximum Gasteiger partial charge on any atom is 0.141 e. The van der Waals surface area contributed by atoms with Crippen LogP contribution >= 0.6 is 23.2 Å². The molecular weight excluding hydrogens is 463 g/mol. The van der Waals surface area contributed by atoms with Gasteiger partial charge in [0, 0.05) is 23.5 Å². The van der Waals surface area contributed by atoms with E-state index in [1.54, 1.807) is 0 Å². The van der Waals surface area contributed by atoms with Crippen LogP contribution in [0.1, 0.15) is 11.1 Å². The van der Waals surface area contributed by atoms with E-state index in [2.05, 4.69) is 48.1 Å². The fraction of sp³-hybridized carbons (Fsp3) is 0.0714. The van der Waals surface area contributed by atoms with Crippen LogP contribution in [0.4, 0.5) is 0 Å². The zero-order valence-corrected chi connectivity index (χ0v) is 20.3. The van der Waals surface area contributed by atoms with Crippen molar-refractivity contribution in [3.63, 3.8) is 0 Å². The summed E-state index contributed by atoms with van der Waals surface area (Å²) in [5.74, 6) is 0. The Morgan fingerprint density at radius 3 is 1.26 bits per heavy atom. The number of halogens is 2. The third-order valence-corrected chi connectivity index (χ3v) is 6.32. The molecule has 0 fully saturated rings. The zero-order chi connectivity index (χ0) is 23.7. The van der Waals surface area contributed by atoms with Crippen LogP contribution in [-0.4, -0.2) is 18.8 Å². The molecule has 0 bridgehead atoms. The Hall–Kier alpha value is -3.60. The minimum absolute atomic E-state index is 0.657. The molecule has 168 valence electrons. The fourth-order valence-corrected chi connectivity index (χ4v) is 4.31. The van der Waals surface area contributed by atoms with Gasteiger partial charge in [0.1, 0.15) is 33.0 Å². The lowest BCUT2D eigenvalue weighted by molar-refractivity contribution is 1.19. The van der Waals surface area contributed by atoms with Gasteiger partial charge in [-0.2, -0.15) is 0 Å². The smallest absolute Gasteiger partial charge is 0.141 e. The Bertz CT molecular complexity index is 1460. The number of hydrogen-bond acceptors (Lipinski definition) is 2. The molecule has 0 radical (unpaired) electrons. The van der Waals surface area contributed by atoms with Gasteiger partial charge in [0.05, 0.1) is 0 Å². The van der Waals surface area contributed by atoms with Gasteiger partial charge in [0.2, 0.25) is 0 Å². The molecule has 34 heavy (non-hydrogen) atoms. The van der Waals surface area contributed by atoms with Gasteiger partial charge in [-0.25, -0.2) is 9.97 Å². The molecule has 4 nitrogen and oxygen atoms in total. The molecule has 0 aliphatic carbocycles. The maximum atomic E-state index is 6.33. The fourth-order valence-electron chi connectivity index (χ4n) is 3.72. The van der Waals surface area contributed by atoms with E-state index in [-0.39, 0.29) is 0 Å². The number of hydrogen-bond donors (Lipinski definition) is 0. The first-order valence-corrected chi connectivity index (χ1v) is 11.7. The Balaban J connectivity index is 0.000000142. The molecule has 0 atom stereocenters. The van der Waals surface area contributed by atoms with Crippen molar-refractivity contribution in [3.8, 4) is 22.5 Å². The van der Waals surface area contributed by atoms with E-state index < -0.39 is 0 Å². The predicted molar refractivity (Wildman–Crippen MR) is 141 cm³/mol. The maximum absolute atomic E-state index is 6.33. The zero-order valence-electron chi connectivity index (χ0n) is 18.8. The number of benzene rings is 2. The highest BCUT2D eigenvalue weighted by Crippen LogP contribution is 2.29. The molecule has 4 heterocycles. The molecule has 0 N–H and O–H groups in total. The van der Waals surface area contributed by atoms with E-state index >= 15 is 0 Å². The van der Waals surface area contributed by atoms with Crippen LogP contribution in [0.25, 0.3) is 33.8 Å². The van der Waals surface area contributed by atoms with Gasteiger partial charge in [-0.15, -0.1) is 0 Å². The molecule has 0 saturated heterocycles. The lowest BCUT2D eigenvalue weighted by atomic mass is 10.1. The Labute approximate surface area is 208 Å². The third kappa shape index (κ3) is 4.30. The van der Waals surface area contributed by atoms with Crippen LogP contribution in [0, 0.1) is 13.8 Å². The summed E-state index contributed by atoms with van der Waals surface area (Å²) in [6, 6.07) is 28.1.